The van der Waals surface area contributed by atoms with Crippen molar-refractivity contribution in [3.8, 4) is 11.3 Å². The topological polar surface area (TPSA) is 68.8 Å². The van der Waals surface area contributed by atoms with E-state index in [9.17, 15) is 0 Å². The van der Waals surface area contributed by atoms with E-state index in [1.807, 2.05) is 43.6 Å². The normalized spacial score (nSPS) is 11.0. The molecule has 0 atom stereocenters. The molecule has 0 saturated heterocycles. The summed E-state index contributed by atoms with van der Waals surface area (Å²) < 4.78 is 8.38. The summed E-state index contributed by atoms with van der Waals surface area (Å²) in [5.41, 5.74) is 3.43. The average molecular weight is 417 g/mol. The molecule has 114 valence electrons. The van der Waals surface area contributed by atoms with Crippen LogP contribution in [0.1, 0.15) is 0 Å². The van der Waals surface area contributed by atoms with Gasteiger partial charge in [0, 0.05) is 30.4 Å². The molecule has 0 aliphatic rings. The minimum absolute atomic E-state index is 0.522. The van der Waals surface area contributed by atoms with Gasteiger partial charge < -0.3 is 9.73 Å². The van der Waals surface area contributed by atoms with Gasteiger partial charge in [-0.05, 0) is 40.8 Å². The fourth-order valence-corrected chi connectivity index (χ4v) is 2.97. The molecule has 0 saturated carbocycles. The Hall–Kier alpha value is -2.42. The van der Waals surface area contributed by atoms with E-state index in [4.69, 9.17) is 4.42 Å². The molecule has 0 radical (unpaired) electrons. The van der Waals surface area contributed by atoms with Crippen LogP contribution in [-0.2, 0) is 7.05 Å². The molecule has 1 aromatic carbocycles. The highest BCUT2D eigenvalue weighted by molar-refractivity contribution is 14.1. The Kier molecular flexibility index (Phi) is 3.49. The number of hydrogen-bond donors (Lipinski definition) is 1. The molecule has 7 heteroatoms. The molecule has 4 aromatic rings. The van der Waals surface area contributed by atoms with E-state index >= 15 is 0 Å². The Balaban J connectivity index is 1.75. The van der Waals surface area contributed by atoms with Gasteiger partial charge in [-0.3, -0.25) is 4.68 Å². The summed E-state index contributed by atoms with van der Waals surface area (Å²) in [5.74, 6) is 0.522. The molecule has 0 fully saturated rings. The van der Waals surface area contributed by atoms with E-state index in [-0.39, 0.29) is 0 Å². The number of fused-ring (bicyclic) bond motifs is 1. The van der Waals surface area contributed by atoms with E-state index < -0.39 is 0 Å². The number of anilines is 2. The maximum Gasteiger partial charge on any atom is 0.227 e. The lowest BCUT2D eigenvalue weighted by molar-refractivity contribution is 0.585. The second-order valence-electron chi connectivity index (χ2n) is 5.07. The summed E-state index contributed by atoms with van der Waals surface area (Å²) >= 11 is 2.17. The second-order valence-corrected chi connectivity index (χ2v) is 6.13. The molecule has 3 aromatic heterocycles. The Labute approximate surface area is 145 Å². The van der Waals surface area contributed by atoms with Crippen LogP contribution in [-0.4, -0.2) is 19.7 Å². The molecule has 0 amide bonds. The molecule has 3 heterocycles. The summed E-state index contributed by atoms with van der Waals surface area (Å²) in [4.78, 5) is 8.85. The van der Waals surface area contributed by atoms with Crippen molar-refractivity contribution in [2.45, 2.75) is 0 Å². The number of rotatable bonds is 3. The zero-order valence-electron chi connectivity index (χ0n) is 12.2. The SMILES string of the molecule is Cn1cc(Nc2nccc(-c3cccc4cc(I)oc34)n2)cn1. The lowest BCUT2D eigenvalue weighted by atomic mass is 10.1. The van der Waals surface area contributed by atoms with Crippen molar-refractivity contribution in [3.05, 3.63) is 52.7 Å². The number of hydrogen-bond acceptors (Lipinski definition) is 5. The van der Waals surface area contributed by atoms with Crippen LogP contribution in [0.2, 0.25) is 0 Å². The Morgan fingerprint density at radius 3 is 3.00 bits per heavy atom. The molecule has 0 spiro atoms. The minimum atomic E-state index is 0.522. The highest BCUT2D eigenvalue weighted by Crippen LogP contribution is 2.30. The van der Waals surface area contributed by atoms with Crippen molar-refractivity contribution < 1.29 is 4.42 Å². The van der Waals surface area contributed by atoms with Crippen LogP contribution in [0.15, 0.2) is 53.3 Å². The van der Waals surface area contributed by atoms with Crippen molar-refractivity contribution >= 4 is 45.2 Å². The van der Waals surface area contributed by atoms with E-state index in [1.54, 1.807) is 17.1 Å². The average Bonchev–Trinajstić information content (AvgIpc) is 3.11. The molecule has 4 rings (SSSR count). The van der Waals surface area contributed by atoms with Gasteiger partial charge in [-0.2, -0.15) is 5.10 Å². The maximum absolute atomic E-state index is 5.81. The molecule has 0 aliphatic heterocycles. The number of nitrogens with one attached hydrogen (secondary N) is 1. The number of para-hydroxylation sites is 1. The van der Waals surface area contributed by atoms with Gasteiger partial charge in [-0.25, -0.2) is 9.97 Å². The maximum atomic E-state index is 5.81. The highest BCUT2D eigenvalue weighted by atomic mass is 127. The number of halogens is 1. The van der Waals surface area contributed by atoms with Crippen molar-refractivity contribution in [2.24, 2.45) is 7.05 Å². The molecule has 0 aliphatic carbocycles. The second kappa shape index (κ2) is 5.65. The first-order valence-electron chi connectivity index (χ1n) is 6.96. The van der Waals surface area contributed by atoms with Gasteiger partial charge in [0.25, 0.3) is 0 Å². The van der Waals surface area contributed by atoms with E-state index in [0.717, 1.165) is 31.7 Å². The molecule has 1 N–H and O–H groups in total. The smallest absolute Gasteiger partial charge is 0.227 e. The van der Waals surface area contributed by atoms with Crippen LogP contribution in [0.3, 0.4) is 0 Å². The van der Waals surface area contributed by atoms with Gasteiger partial charge in [0.05, 0.1) is 17.6 Å². The van der Waals surface area contributed by atoms with Gasteiger partial charge in [0.1, 0.15) is 5.58 Å². The lowest BCUT2D eigenvalue weighted by Gasteiger charge is -2.05. The first kappa shape index (κ1) is 14.2. The molecule has 0 bridgehead atoms. The van der Waals surface area contributed by atoms with Crippen LogP contribution in [0, 0.1) is 3.77 Å². The van der Waals surface area contributed by atoms with Gasteiger partial charge >= 0.3 is 0 Å². The van der Waals surface area contributed by atoms with E-state index in [1.165, 1.54) is 0 Å². The molecular weight excluding hydrogens is 405 g/mol. The van der Waals surface area contributed by atoms with Crippen LogP contribution < -0.4 is 5.32 Å². The monoisotopic (exact) mass is 417 g/mol. The number of benzene rings is 1. The third-order valence-electron chi connectivity index (χ3n) is 3.41. The van der Waals surface area contributed by atoms with Gasteiger partial charge in [0.15, 0.2) is 3.77 Å². The third-order valence-corrected chi connectivity index (χ3v) is 3.94. The van der Waals surface area contributed by atoms with Crippen LogP contribution >= 0.6 is 22.6 Å². The van der Waals surface area contributed by atoms with Crippen molar-refractivity contribution in [2.75, 3.05) is 5.32 Å². The number of aromatic nitrogens is 4. The molecule has 6 nitrogen and oxygen atoms in total. The first-order chi connectivity index (χ1) is 11.2. The van der Waals surface area contributed by atoms with Crippen molar-refractivity contribution in [1.82, 2.24) is 19.7 Å². The van der Waals surface area contributed by atoms with Gasteiger partial charge in [-0.1, -0.05) is 12.1 Å². The molecule has 23 heavy (non-hydrogen) atoms. The largest absolute Gasteiger partial charge is 0.450 e. The lowest BCUT2D eigenvalue weighted by Crippen LogP contribution is -1.97. The van der Waals surface area contributed by atoms with Crippen LogP contribution in [0.5, 0.6) is 0 Å². The highest BCUT2D eigenvalue weighted by Gasteiger charge is 2.11. The Morgan fingerprint density at radius 1 is 1.26 bits per heavy atom. The van der Waals surface area contributed by atoms with Crippen LogP contribution in [0.25, 0.3) is 22.2 Å². The summed E-state index contributed by atoms with van der Waals surface area (Å²) in [7, 11) is 1.86. The summed E-state index contributed by atoms with van der Waals surface area (Å²) in [6, 6.07) is 9.91. The molecular formula is C16H12IN5O. The van der Waals surface area contributed by atoms with E-state index in [2.05, 4.69) is 43.0 Å². The Bertz CT molecular complexity index is 991. The predicted octanol–water partition coefficient (Wildman–Crippen LogP) is 3.97. The predicted molar refractivity (Wildman–Crippen MR) is 96.4 cm³/mol. The zero-order valence-corrected chi connectivity index (χ0v) is 14.4. The van der Waals surface area contributed by atoms with Crippen molar-refractivity contribution in [3.63, 3.8) is 0 Å². The number of furan rings is 1. The number of nitrogens with zero attached hydrogens (tertiary/aromatic N) is 4. The number of aryl methyl sites for hydroxylation is 1. The summed E-state index contributed by atoms with van der Waals surface area (Å²) in [5, 5.41) is 8.33. The zero-order chi connectivity index (χ0) is 15.8. The minimum Gasteiger partial charge on any atom is -0.450 e. The fourth-order valence-electron chi connectivity index (χ4n) is 2.42. The fraction of sp³-hybridized carbons (Fsp3) is 0.0625. The molecule has 0 unspecified atom stereocenters. The summed E-state index contributed by atoms with van der Waals surface area (Å²) in [6.45, 7) is 0. The van der Waals surface area contributed by atoms with Gasteiger partial charge in [0.2, 0.25) is 5.95 Å². The van der Waals surface area contributed by atoms with E-state index in [0.29, 0.717) is 5.95 Å². The van der Waals surface area contributed by atoms with Crippen molar-refractivity contribution in [1.29, 1.82) is 0 Å². The third kappa shape index (κ3) is 2.79. The quantitative estimate of drug-likeness (QED) is 0.511. The Morgan fingerprint density at radius 2 is 2.17 bits per heavy atom. The van der Waals surface area contributed by atoms with Gasteiger partial charge in [-0.15, -0.1) is 0 Å². The van der Waals surface area contributed by atoms with Crippen LogP contribution in [0.4, 0.5) is 11.6 Å². The first-order valence-corrected chi connectivity index (χ1v) is 8.04. The standard InChI is InChI=1S/C16H12IN5O/c1-22-9-11(8-19-22)20-16-18-6-5-13(21-16)12-4-2-3-10-7-14(17)23-15(10)12/h2-9H,1H3,(H,18,20,21). The summed E-state index contributed by atoms with van der Waals surface area (Å²) in [6.07, 6.45) is 5.32.